The smallest absolute Gasteiger partial charge is 0.331 e. The van der Waals surface area contributed by atoms with E-state index in [0.29, 0.717) is 11.1 Å². The van der Waals surface area contributed by atoms with Crippen molar-refractivity contribution in [3.05, 3.63) is 83.2 Å². The number of aromatic nitrogens is 1. The lowest BCUT2D eigenvalue weighted by Gasteiger charge is -2.00. The molecule has 0 bridgehead atoms. The van der Waals surface area contributed by atoms with Crippen LogP contribution < -0.4 is 0 Å². The van der Waals surface area contributed by atoms with E-state index in [2.05, 4.69) is 6.07 Å². The molecule has 0 N–H and O–H groups in total. The third kappa shape index (κ3) is 3.36. The van der Waals surface area contributed by atoms with Crippen LogP contribution in [0.4, 0.5) is 0 Å². The summed E-state index contributed by atoms with van der Waals surface area (Å²) in [7, 11) is 0. The van der Waals surface area contributed by atoms with E-state index in [1.54, 1.807) is 6.08 Å². The average Bonchev–Trinajstić information content (AvgIpc) is 2.97. The fourth-order valence-corrected chi connectivity index (χ4v) is 2.45. The molecule has 0 aliphatic rings. The van der Waals surface area contributed by atoms with Crippen molar-refractivity contribution in [1.82, 2.24) is 4.40 Å². The minimum Gasteiger partial charge on any atom is -0.458 e. The molecule has 0 aliphatic carbocycles. The van der Waals surface area contributed by atoms with E-state index in [0.717, 1.165) is 11.1 Å². The van der Waals surface area contributed by atoms with Gasteiger partial charge in [0.15, 0.2) is 0 Å². The molecule has 0 saturated carbocycles. The minimum atomic E-state index is -0.435. The number of carbonyl (C=O) groups is 1. The summed E-state index contributed by atoms with van der Waals surface area (Å²) in [5.41, 5.74) is 4.14. The van der Waals surface area contributed by atoms with Crippen LogP contribution in [0.5, 0.6) is 0 Å². The van der Waals surface area contributed by atoms with Gasteiger partial charge >= 0.3 is 5.97 Å². The van der Waals surface area contributed by atoms with Crippen molar-refractivity contribution in [3.8, 4) is 6.07 Å². The number of aryl methyl sites for hydroxylation is 1. The summed E-state index contributed by atoms with van der Waals surface area (Å²) in [5.74, 6) is -0.435. The van der Waals surface area contributed by atoms with Crippen molar-refractivity contribution >= 4 is 17.6 Å². The van der Waals surface area contributed by atoms with Gasteiger partial charge in [-0.1, -0.05) is 35.9 Å². The second-order valence-corrected chi connectivity index (χ2v) is 5.49. The van der Waals surface area contributed by atoms with E-state index in [4.69, 9.17) is 4.74 Å². The lowest BCUT2D eigenvalue weighted by molar-refractivity contribution is -0.138. The van der Waals surface area contributed by atoms with Crippen molar-refractivity contribution in [2.24, 2.45) is 0 Å². The first-order valence-corrected chi connectivity index (χ1v) is 7.57. The van der Waals surface area contributed by atoms with Crippen molar-refractivity contribution in [2.45, 2.75) is 13.5 Å². The normalized spacial score (nSPS) is 10.8. The molecule has 3 rings (SSSR count). The SMILES string of the molecule is Cc1ccc(/C=C/C(=O)OCc2cn3ccccc3c2C#N)cc1. The van der Waals surface area contributed by atoms with Crippen LogP contribution in [0.3, 0.4) is 0 Å². The van der Waals surface area contributed by atoms with Crippen LogP contribution in [0.15, 0.2) is 60.9 Å². The Kier molecular flexibility index (Phi) is 4.44. The van der Waals surface area contributed by atoms with E-state index in [9.17, 15) is 10.1 Å². The third-order valence-electron chi connectivity index (χ3n) is 3.73. The van der Waals surface area contributed by atoms with Gasteiger partial charge in [0.25, 0.3) is 0 Å². The molecule has 0 spiro atoms. The van der Waals surface area contributed by atoms with Gasteiger partial charge in [-0.2, -0.15) is 5.26 Å². The van der Waals surface area contributed by atoms with Gasteiger partial charge in [0.1, 0.15) is 12.7 Å². The van der Waals surface area contributed by atoms with Crippen LogP contribution in [-0.2, 0) is 16.1 Å². The second kappa shape index (κ2) is 6.84. The van der Waals surface area contributed by atoms with Gasteiger partial charge in [-0.3, -0.25) is 0 Å². The maximum absolute atomic E-state index is 11.9. The maximum atomic E-state index is 11.9. The van der Waals surface area contributed by atoms with Crippen molar-refractivity contribution in [1.29, 1.82) is 5.26 Å². The molecule has 0 atom stereocenters. The number of pyridine rings is 1. The number of hydrogen-bond acceptors (Lipinski definition) is 3. The van der Waals surface area contributed by atoms with Crippen LogP contribution >= 0.6 is 0 Å². The summed E-state index contributed by atoms with van der Waals surface area (Å²) >= 11 is 0. The first-order valence-electron chi connectivity index (χ1n) is 7.57. The highest BCUT2D eigenvalue weighted by Crippen LogP contribution is 2.18. The van der Waals surface area contributed by atoms with E-state index in [1.807, 2.05) is 66.2 Å². The fraction of sp³-hybridized carbons (Fsp3) is 0.100. The summed E-state index contributed by atoms with van der Waals surface area (Å²) in [4.78, 5) is 11.9. The molecular formula is C20H16N2O2. The summed E-state index contributed by atoms with van der Waals surface area (Å²) in [6, 6.07) is 15.6. The van der Waals surface area contributed by atoms with Crippen LogP contribution in [0, 0.1) is 18.3 Å². The monoisotopic (exact) mass is 316 g/mol. The Morgan fingerprint density at radius 1 is 1.25 bits per heavy atom. The molecule has 1 aromatic carbocycles. The van der Waals surface area contributed by atoms with Gasteiger partial charge in [-0.05, 0) is 30.7 Å². The Morgan fingerprint density at radius 3 is 2.79 bits per heavy atom. The number of hydrogen-bond donors (Lipinski definition) is 0. The maximum Gasteiger partial charge on any atom is 0.331 e. The van der Waals surface area contributed by atoms with Crippen LogP contribution in [0.2, 0.25) is 0 Å². The molecule has 4 heteroatoms. The highest BCUT2D eigenvalue weighted by atomic mass is 16.5. The number of nitrogens with zero attached hydrogens (tertiary/aromatic N) is 2. The molecule has 0 radical (unpaired) electrons. The number of nitriles is 1. The van der Waals surface area contributed by atoms with E-state index >= 15 is 0 Å². The predicted molar refractivity (Wildman–Crippen MR) is 92.1 cm³/mol. The summed E-state index contributed by atoms with van der Waals surface area (Å²) in [6.07, 6.45) is 6.78. The zero-order valence-corrected chi connectivity index (χ0v) is 13.3. The standard InChI is InChI=1S/C20H16N2O2/c1-15-5-7-16(8-6-15)9-10-20(23)24-14-17-13-22-11-3-2-4-19(22)18(17)12-21/h2-11,13H,14H2,1H3/b10-9+. The molecule has 2 heterocycles. The lowest BCUT2D eigenvalue weighted by Crippen LogP contribution is -2.01. The number of fused-ring (bicyclic) bond motifs is 1. The Morgan fingerprint density at radius 2 is 2.04 bits per heavy atom. The predicted octanol–water partition coefficient (Wildman–Crippen LogP) is 3.88. The number of carbonyl (C=O) groups excluding carboxylic acids is 1. The van der Waals surface area contributed by atoms with E-state index in [-0.39, 0.29) is 6.61 Å². The highest BCUT2D eigenvalue weighted by molar-refractivity contribution is 5.87. The quantitative estimate of drug-likeness (QED) is 0.542. The molecule has 3 aromatic rings. The molecule has 4 nitrogen and oxygen atoms in total. The van der Waals surface area contributed by atoms with E-state index in [1.165, 1.54) is 11.6 Å². The lowest BCUT2D eigenvalue weighted by atomic mass is 10.1. The van der Waals surface area contributed by atoms with E-state index < -0.39 is 5.97 Å². The average molecular weight is 316 g/mol. The van der Waals surface area contributed by atoms with Crippen molar-refractivity contribution in [2.75, 3.05) is 0 Å². The summed E-state index contributed by atoms with van der Waals surface area (Å²) < 4.78 is 7.11. The Bertz CT molecular complexity index is 944. The minimum absolute atomic E-state index is 0.0711. The molecule has 24 heavy (non-hydrogen) atoms. The molecular weight excluding hydrogens is 300 g/mol. The first-order chi connectivity index (χ1) is 11.7. The zero-order valence-electron chi connectivity index (χ0n) is 13.3. The van der Waals surface area contributed by atoms with Crippen LogP contribution in [0.1, 0.15) is 22.3 Å². The number of esters is 1. The zero-order chi connectivity index (χ0) is 16.9. The van der Waals surface area contributed by atoms with Gasteiger partial charge in [-0.25, -0.2) is 4.79 Å². The molecule has 2 aromatic heterocycles. The van der Waals surface area contributed by atoms with Crippen LogP contribution in [0.25, 0.3) is 11.6 Å². The van der Waals surface area contributed by atoms with Gasteiger partial charge < -0.3 is 9.14 Å². The van der Waals surface area contributed by atoms with Crippen molar-refractivity contribution in [3.63, 3.8) is 0 Å². The van der Waals surface area contributed by atoms with Gasteiger partial charge in [0.2, 0.25) is 0 Å². The molecule has 0 fully saturated rings. The number of benzene rings is 1. The van der Waals surface area contributed by atoms with Gasteiger partial charge in [0, 0.05) is 24.0 Å². The molecule has 0 saturated heterocycles. The topological polar surface area (TPSA) is 54.5 Å². The van der Waals surface area contributed by atoms with Gasteiger partial charge in [0.05, 0.1) is 11.1 Å². The molecule has 0 aliphatic heterocycles. The van der Waals surface area contributed by atoms with Crippen LogP contribution in [-0.4, -0.2) is 10.4 Å². The second-order valence-electron chi connectivity index (χ2n) is 5.49. The largest absolute Gasteiger partial charge is 0.458 e. The Hall–Kier alpha value is -3.32. The summed E-state index contributed by atoms with van der Waals surface area (Å²) in [6.45, 7) is 2.08. The Balaban J connectivity index is 1.68. The van der Waals surface area contributed by atoms with Crippen molar-refractivity contribution < 1.29 is 9.53 Å². The highest BCUT2D eigenvalue weighted by Gasteiger charge is 2.11. The first kappa shape index (κ1) is 15.6. The third-order valence-corrected chi connectivity index (χ3v) is 3.73. The fourth-order valence-electron chi connectivity index (χ4n) is 2.45. The van der Waals surface area contributed by atoms with Gasteiger partial charge in [-0.15, -0.1) is 0 Å². The number of rotatable bonds is 4. The molecule has 0 unspecified atom stereocenters. The summed E-state index contributed by atoms with van der Waals surface area (Å²) in [5, 5.41) is 9.33. The molecule has 0 amide bonds. The molecule has 118 valence electrons. The number of ether oxygens (including phenoxy) is 1. The Labute approximate surface area is 140 Å².